The van der Waals surface area contributed by atoms with Gasteiger partial charge in [-0.1, -0.05) is 48.5 Å². The smallest absolute Gasteiger partial charge is 0.226 e. The summed E-state index contributed by atoms with van der Waals surface area (Å²) < 4.78 is 1.50. The molecule has 0 fully saturated rings. The van der Waals surface area contributed by atoms with Crippen LogP contribution in [-0.2, 0) is 17.6 Å². The number of nitrogens with zero attached hydrogens (tertiary/aromatic N) is 3. The van der Waals surface area contributed by atoms with Gasteiger partial charge in [-0.05, 0) is 30.5 Å². The number of anilines is 1. The quantitative estimate of drug-likeness (QED) is 0.634. The van der Waals surface area contributed by atoms with E-state index in [2.05, 4.69) is 28.6 Å². The zero-order valence-electron chi connectivity index (χ0n) is 14.9. The minimum absolute atomic E-state index is 0.0261. The van der Waals surface area contributed by atoms with Gasteiger partial charge in [-0.25, -0.2) is 4.68 Å². The minimum Gasteiger partial charge on any atom is -0.382 e. The number of aromatic nitrogens is 2. The van der Waals surface area contributed by atoms with Crippen LogP contribution in [0, 0.1) is 11.3 Å². The lowest BCUT2D eigenvalue weighted by Gasteiger charge is -2.04. The molecule has 3 N–H and O–H groups in total. The van der Waals surface area contributed by atoms with Crippen LogP contribution in [-0.4, -0.2) is 22.2 Å². The van der Waals surface area contributed by atoms with E-state index in [0.717, 1.165) is 18.5 Å². The van der Waals surface area contributed by atoms with E-state index in [1.54, 1.807) is 0 Å². The molecule has 1 aromatic heterocycles. The number of benzene rings is 2. The average Bonchev–Trinajstić information content (AvgIpc) is 3.01. The average molecular weight is 359 g/mol. The maximum absolute atomic E-state index is 12.2. The van der Waals surface area contributed by atoms with Crippen LogP contribution < -0.4 is 11.1 Å². The number of hydrogen-bond acceptors (Lipinski definition) is 4. The zero-order chi connectivity index (χ0) is 19.1. The fourth-order valence-corrected chi connectivity index (χ4v) is 2.87. The molecule has 2 aromatic carbocycles. The van der Waals surface area contributed by atoms with Gasteiger partial charge in [0.15, 0.2) is 0 Å². The lowest BCUT2D eigenvalue weighted by Crippen LogP contribution is -2.26. The summed E-state index contributed by atoms with van der Waals surface area (Å²) in [5.74, 6) is 0.0767. The molecule has 1 amide bonds. The van der Waals surface area contributed by atoms with E-state index in [1.807, 2.05) is 48.5 Å². The maximum atomic E-state index is 12.2. The third-order valence-electron chi connectivity index (χ3n) is 4.24. The SMILES string of the molecule is N#Cc1c(CC(=O)NCCCc2ccccc2)nn(-c2ccccc2)c1N. The summed E-state index contributed by atoms with van der Waals surface area (Å²) in [4.78, 5) is 12.2. The summed E-state index contributed by atoms with van der Waals surface area (Å²) in [6.45, 7) is 0.574. The maximum Gasteiger partial charge on any atom is 0.226 e. The van der Waals surface area contributed by atoms with Crippen molar-refractivity contribution in [2.45, 2.75) is 19.3 Å². The second-order valence-corrected chi connectivity index (χ2v) is 6.18. The van der Waals surface area contributed by atoms with Crippen LogP contribution in [0.5, 0.6) is 0 Å². The predicted octanol–water partition coefficient (Wildman–Crippen LogP) is 2.62. The molecule has 136 valence electrons. The van der Waals surface area contributed by atoms with E-state index < -0.39 is 0 Å². The van der Waals surface area contributed by atoms with E-state index in [4.69, 9.17) is 5.73 Å². The number of rotatable bonds is 7. The normalized spacial score (nSPS) is 10.3. The van der Waals surface area contributed by atoms with Crippen molar-refractivity contribution < 1.29 is 4.79 Å². The van der Waals surface area contributed by atoms with Crippen molar-refractivity contribution in [3.8, 4) is 11.8 Å². The summed E-state index contributed by atoms with van der Waals surface area (Å²) in [5, 5.41) is 16.7. The lowest BCUT2D eigenvalue weighted by atomic mass is 10.1. The molecular weight excluding hydrogens is 338 g/mol. The summed E-state index contributed by atoms with van der Waals surface area (Å²) >= 11 is 0. The fourth-order valence-electron chi connectivity index (χ4n) is 2.87. The van der Waals surface area contributed by atoms with Gasteiger partial charge in [0.1, 0.15) is 17.5 Å². The van der Waals surface area contributed by atoms with Gasteiger partial charge >= 0.3 is 0 Å². The molecule has 0 radical (unpaired) electrons. The molecule has 0 saturated heterocycles. The first-order chi connectivity index (χ1) is 13.2. The number of nitrogen functional groups attached to an aromatic ring is 1. The minimum atomic E-state index is -0.169. The van der Waals surface area contributed by atoms with Crippen LogP contribution in [0.4, 0.5) is 5.82 Å². The molecule has 0 aliphatic heterocycles. The molecule has 3 rings (SSSR count). The molecule has 3 aromatic rings. The van der Waals surface area contributed by atoms with Crippen LogP contribution in [0.15, 0.2) is 60.7 Å². The van der Waals surface area contributed by atoms with Gasteiger partial charge in [0.25, 0.3) is 0 Å². The van der Waals surface area contributed by atoms with Crippen LogP contribution in [0.3, 0.4) is 0 Å². The van der Waals surface area contributed by atoms with E-state index >= 15 is 0 Å². The third kappa shape index (κ3) is 4.53. The van der Waals surface area contributed by atoms with Crippen molar-refractivity contribution in [3.63, 3.8) is 0 Å². The monoisotopic (exact) mass is 359 g/mol. The Bertz CT molecular complexity index is 942. The number of aryl methyl sites for hydroxylation is 1. The van der Waals surface area contributed by atoms with E-state index in [9.17, 15) is 10.1 Å². The summed E-state index contributed by atoms with van der Waals surface area (Å²) in [5.41, 5.74) is 8.69. The molecule has 6 heteroatoms. The number of carbonyl (C=O) groups excluding carboxylic acids is 1. The van der Waals surface area contributed by atoms with Crippen LogP contribution >= 0.6 is 0 Å². The number of para-hydroxylation sites is 1. The van der Waals surface area contributed by atoms with Gasteiger partial charge in [-0.2, -0.15) is 10.4 Å². The Morgan fingerprint density at radius 2 is 1.78 bits per heavy atom. The second-order valence-electron chi connectivity index (χ2n) is 6.18. The Morgan fingerprint density at radius 1 is 1.11 bits per heavy atom. The van der Waals surface area contributed by atoms with Gasteiger partial charge in [-0.3, -0.25) is 4.79 Å². The van der Waals surface area contributed by atoms with Crippen molar-refractivity contribution in [1.82, 2.24) is 15.1 Å². The Labute approximate surface area is 158 Å². The van der Waals surface area contributed by atoms with Gasteiger partial charge in [-0.15, -0.1) is 0 Å². The molecule has 27 heavy (non-hydrogen) atoms. The first kappa shape index (κ1) is 18.2. The number of nitrogens with one attached hydrogen (secondary N) is 1. The Morgan fingerprint density at radius 3 is 2.44 bits per heavy atom. The van der Waals surface area contributed by atoms with E-state index in [-0.39, 0.29) is 23.7 Å². The van der Waals surface area contributed by atoms with Gasteiger partial charge in [0.2, 0.25) is 5.91 Å². The topological polar surface area (TPSA) is 96.7 Å². The molecule has 0 atom stereocenters. The van der Waals surface area contributed by atoms with E-state index in [1.165, 1.54) is 10.2 Å². The molecule has 0 bridgehead atoms. The van der Waals surface area contributed by atoms with Crippen LogP contribution in [0.25, 0.3) is 5.69 Å². The van der Waals surface area contributed by atoms with Crippen molar-refractivity contribution in [1.29, 1.82) is 5.26 Å². The number of hydrogen-bond donors (Lipinski definition) is 2. The lowest BCUT2D eigenvalue weighted by molar-refractivity contribution is -0.120. The molecule has 1 heterocycles. The molecule has 0 unspecified atom stereocenters. The molecule has 0 aliphatic rings. The predicted molar refractivity (Wildman–Crippen MR) is 104 cm³/mol. The van der Waals surface area contributed by atoms with Gasteiger partial charge in [0, 0.05) is 6.54 Å². The van der Waals surface area contributed by atoms with E-state index in [0.29, 0.717) is 12.2 Å². The van der Waals surface area contributed by atoms with Crippen molar-refractivity contribution >= 4 is 11.7 Å². The van der Waals surface area contributed by atoms with Crippen LogP contribution in [0.2, 0.25) is 0 Å². The molecule has 6 nitrogen and oxygen atoms in total. The zero-order valence-corrected chi connectivity index (χ0v) is 14.9. The van der Waals surface area contributed by atoms with Gasteiger partial charge < -0.3 is 11.1 Å². The first-order valence-electron chi connectivity index (χ1n) is 8.82. The molecule has 0 spiro atoms. The first-order valence-corrected chi connectivity index (χ1v) is 8.82. The third-order valence-corrected chi connectivity index (χ3v) is 4.24. The fraction of sp³-hybridized carbons (Fsp3) is 0.190. The standard InChI is InChI=1S/C21H21N5O/c22-15-18-19(25-26(21(18)23)17-11-5-2-6-12-17)14-20(27)24-13-7-10-16-8-3-1-4-9-16/h1-6,8-9,11-12H,7,10,13-14,23H2,(H,24,27). The highest BCUT2D eigenvalue weighted by atomic mass is 16.1. The molecular formula is C21H21N5O. The Balaban J connectivity index is 1.60. The highest BCUT2D eigenvalue weighted by Crippen LogP contribution is 2.20. The van der Waals surface area contributed by atoms with Gasteiger partial charge in [0.05, 0.1) is 17.8 Å². The number of amides is 1. The molecule has 0 aliphatic carbocycles. The van der Waals surface area contributed by atoms with Crippen LogP contribution in [0.1, 0.15) is 23.2 Å². The van der Waals surface area contributed by atoms with Crippen molar-refractivity contribution in [2.75, 3.05) is 12.3 Å². The number of nitrogens with two attached hydrogens (primary N) is 1. The second kappa shape index (κ2) is 8.68. The summed E-state index contributed by atoms with van der Waals surface area (Å²) in [6, 6.07) is 21.5. The summed E-state index contributed by atoms with van der Waals surface area (Å²) in [6.07, 6.45) is 1.78. The van der Waals surface area contributed by atoms with Crippen molar-refractivity contribution in [3.05, 3.63) is 77.5 Å². The highest BCUT2D eigenvalue weighted by Gasteiger charge is 2.18. The molecule has 0 saturated carbocycles. The summed E-state index contributed by atoms with van der Waals surface area (Å²) in [7, 11) is 0. The Hall–Kier alpha value is -3.59. The highest BCUT2D eigenvalue weighted by molar-refractivity contribution is 5.79. The largest absolute Gasteiger partial charge is 0.382 e. The number of nitriles is 1. The number of carbonyl (C=O) groups is 1. The Kier molecular flexibility index (Phi) is 5.85. The van der Waals surface area contributed by atoms with Crippen molar-refractivity contribution in [2.24, 2.45) is 0 Å².